The summed E-state index contributed by atoms with van der Waals surface area (Å²) in [6.45, 7) is 10.3. The molecule has 3 aliphatic rings. The van der Waals surface area contributed by atoms with Gasteiger partial charge in [0.05, 0.1) is 17.5 Å². The number of halogens is 2. The molecule has 0 amide bonds. The summed E-state index contributed by atoms with van der Waals surface area (Å²) < 4.78 is 31.8. The fourth-order valence-electron chi connectivity index (χ4n) is 7.71. The number of hydrogen-bond donors (Lipinski definition) is 0. The Kier molecular flexibility index (Phi) is 8.01. The second kappa shape index (κ2) is 12.3. The van der Waals surface area contributed by atoms with Gasteiger partial charge in [0.25, 0.3) is 0 Å². The van der Waals surface area contributed by atoms with Gasteiger partial charge in [-0.1, -0.05) is 120 Å². The number of aliphatic imine (C=N–C) groups is 1. The molecule has 2 nitrogen and oxygen atoms in total. The molecule has 2 unspecified atom stereocenters. The number of rotatable bonds is 6. The fraction of sp³-hybridized carbons (Fsp3) is 0.167. The standard InChI is InChI=1S/C42H37BF2N2/c1-26-20-27(2)24-33(23-26)37-25-36(31-14-8-6-9-15-31)40(46-37)39(32-16-10-7-11-17-32)42-35-19-13-12-18-34(35)41(47(42)43(44)45)38-29(4)21-28(3)22-30(38)5/h6-25,34,41H,1-5H3/b40-39-. The maximum Gasteiger partial charge on any atom is 0.673 e. The second-order valence-electron chi connectivity index (χ2n) is 12.9. The van der Waals surface area contributed by atoms with Crippen LogP contribution in [0.15, 0.2) is 143 Å². The van der Waals surface area contributed by atoms with Crippen molar-refractivity contribution in [2.24, 2.45) is 10.9 Å². The van der Waals surface area contributed by atoms with E-state index in [1.165, 1.54) is 4.81 Å². The van der Waals surface area contributed by atoms with Crippen LogP contribution in [-0.2, 0) is 0 Å². The van der Waals surface area contributed by atoms with E-state index in [2.05, 4.69) is 75.4 Å². The molecule has 1 aliphatic carbocycles. The summed E-state index contributed by atoms with van der Waals surface area (Å²) in [6, 6.07) is 30.2. The van der Waals surface area contributed by atoms with Crippen LogP contribution in [0.3, 0.4) is 0 Å². The van der Waals surface area contributed by atoms with Crippen molar-refractivity contribution in [3.8, 4) is 0 Å². The molecule has 2 aliphatic heterocycles. The van der Waals surface area contributed by atoms with Gasteiger partial charge in [0.1, 0.15) is 0 Å². The Bertz CT molecular complexity index is 2020. The molecule has 0 N–H and O–H groups in total. The third kappa shape index (κ3) is 5.54. The first-order valence-corrected chi connectivity index (χ1v) is 16.2. The van der Waals surface area contributed by atoms with Crippen molar-refractivity contribution < 1.29 is 8.63 Å². The molecule has 0 aromatic heterocycles. The van der Waals surface area contributed by atoms with Crippen LogP contribution >= 0.6 is 0 Å². The molecule has 0 fully saturated rings. The van der Waals surface area contributed by atoms with Crippen molar-refractivity contribution in [2.75, 3.05) is 0 Å². The summed E-state index contributed by atoms with van der Waals surface area (Å²) in [4.78, 5) is 6.72. The number of nitrogens with zero attached hydrogens (tertiary/aromatic N) is 2. The highest BCUT2D eigenvalue weighted by atomic mass is 19.2. The van der Waals surface area contributed by atoms with E-state index in [-0.39, 0.29) is 5.92 Å². The van der Waals surface area contributed by atoms with Crippen molar-refractivity contribution in [1.82, 2.24) is 4.81 Å². The Balaban J connectivity index is 1.56. The second-order valence-corrected chi connectivity index (χ2v) is 12.9. The van der Waals surface area contributed by atoms with E-state index < -0.39 is 13.4 Å². The molecular weight excluding hydrogens is 581 g/mol. The molecule has 4 aromatic rings. The van der Waals surface area contributed by atoms with Gasteiger partial charge in [-0.2, -0.15) is 0 Å². The van der Waals surface area contributed by atoms with Crippen molar-refractivity contribution >= 4 is 24.3 Å². The van der Waals surface area contributed by atoms with Gasteiger partial charge >= 0.3 is 7.40 Å². The quantitative estimate of drug-likeness (QED) is 0.196. The van der Waals surface area contributed by atoms with Gasteiger partial charge in [0.2, 0.25) is 0 Å². The Morgan fingerprint density at radius 1 is 0.723 bits per heavy atom. The maximum atomic E-state index is 15.9. The van der Waals surface area contributed by atoms with Crippen LogP contribution in [0.4, 0.5) is 8.63 Å². The molecule has 0 saturated carbocycles. The monoisotopic (exact) mass is 618 g/mol. The Morgan fingerprint density at radius 2 is 1.34 bits per heavy atom. The molecule has 0 bridgehead atoms. The SMILES string of the molecule is Cc1cc(C)cc(C2=N/C(=C(\C3=C4C=CC=CC4C(c4c(C)cc(C)cc4C)N3B(F)F)c3ccccc3)C(c3ccccc3)=C2)c1. The lowest BCUT2D eigenvalue weighted by atomic mass is 9.81. The molecule has 0 saturated heterocycles. The number of benzene rings is 4. The van der Waals surface area contributed by atoms with Crippen LogP contribution in [-0.4, -0.2) is 17.9 Å². The third-order valence-corrected chi connectivity index (χ3v) is 9.39. The van der Waals surface area contributed by atoms with E-state index >= 15 is 8.63 Å². The third-order valence-electron chi connectivity index (χ3n) is 9.39. The van der Waals surface area contributed by atoms with E-state index in [0.717, 1.165) is 66.9 Å². The molecule has 232 valence electrons. The van der Waals surface area contributed by atoms with Crippen LogP contribution in [0.2, 0.25) is 0 Å². The summed E-state index contributed by atoms with van der Waals surface area (Å²) in [6.07, 6.45) is 10.2. The summed E-state index contributed by atoms with van der Waals surface area (Å²) in [5, 5.41) is 0. The molecule has 0 spiro atoms. The Labute approximate surface area is 277 Å². The average Bonchev–Trinajstić information content (AvgIpc) is 3.62. The van der Waals surface area contributed by atoms with Crippen molar-refractivity contribution in [2.45, 2.75) is 40.7 Å². The number of aryl methyl sites for hydroxylation is 5. The molecule has 7 rings (SSSR count). The van der Waals surface area contributed by atoms with Crippen LogP contribution in [0.5, 0.6) is 0 Å². The van der Waals surface area contributed by atoms with Gasteiger partial charge in [-0.3, -0.25) is 8.63 Å². The summed E-state index contributed by atoms with van der Waals surface area (Å²) in [5.41, 5.74) is 13.8. The molecule has 2 heterocycles. The smallest absolute Gasteiger partial charge is 0.348 e. The van der Waals surface area contributed by atoms with E-state index in [0.29, 0.717) is 17.0 Å². The van der Waals surface area contributed by atoms with E-state index in [4.69, 9.17) is 4.99 Å². The van der Waals surface area contributed by atoms with Crippen LogP contribution in [0.1, 0.15) is 56.1 Å². The largest absolute Gasteiger partial charge is 0.673 e. The lowest BCUT2D eigenvalue weighted by Gasteiger charge is -2.33. The Morgan fingerprint density at radius 3 is 1.98 bits per heavy atom. The number of allylic oxidation sites excluding steroid dienone is 6. The maximum absolute atomic E-state index is 15.9. The zero-order valence-corrected chi connectivity index (χ0v) is 27.4. The number of hydrogen-bond acceptors (Lipinski definition) is 2. The molecule has 0 radical (unpaired) electrons. The van der Waals surface area contributed by atoms with Crippen molar-refractivity contribution in [3.63, 3.8) is 0 Å². The summed E-state index contributed by atoms with van der Waals surface area (Å²) >= 11 is 0. The van der Waals surface area contributed by atoms with Gasteiger partial charge in [0.15, 0.2) is 0 Å². The highest BCUT2D eigenvalue weighted by Crippen LogP contribution is 2.54. The first kappa shape index (κ1) is 30.6. The molecule has 2 atom stereocenters. The predicted molar refractivity (Wildman–Crippen MR) is 192 cm³/mol. The Hall–Kier alpha value is -5.03. The van der Waals surface area contributed by atoms with Crippen molar-refractivity contribution in [1.29, 1.82) is 0 Å². The highest BCUT2D eigenvalue weighted by Gasteiger charge is 2.49. The minimum absolute atomic E-state index is 0.253. The number of fused-ring (bicyclic) bond motifs is 1. The first-order valence-electron chi connectivity index (χ1n) is 16.2. The molecule has 47 heavy (non-hydrogen) atoms. The minimum atomic E-state index is -2.75. The normalized spacial score (nSPS) is 19.6. The lowest BCUT2D eigenvalue weighted by molar-refractivity contribution is 0.342. The minimum Gasteiger partial charge on any atom is -0.348 e. The lowest BCUT2D eigenvalue weighted by Crippen LogP contribution is -2.36. The van der Waals surface area contributed by atoms with Gasteiger partial charge in [-0.15, -0.1) is 0 Å². The molecule has 5 heteroatoms. The van der Waals surface area contributed by atoms with E-state index in [9.17, 15) is 0 Å². The zero-order chi connectivity index (χ0) is 32.8. The van der Waals surface area contributed by atoms with Gasteiger partial charge in [-0.25, -0.2) is 4.99 Å². The van der Waals surface area contributed by atoms with Crippen LogP contribution in [0, 0.1) is 40.5 Å². The van der Waals surface area contributed by atoms with E-state index in [1.807, 2.05) is 80.6 Å². The van der Waals surface area contributed by atoms with Crippen LogP contribution < -0.4 is 0 Å². The zero-order valence-electron chi connectivity index (χ0n) is 27.4. The van der Waals surface area contributed by atoms with Gasteiger partial charge in [0, 0.05) is 28.3 Å². The summed E-state index contributed by atoms with van der Waals surface area (Å²) in [5.74, 6) is -0.253. The molecular formula is C42H37BF2N2. The summed E-state index contributed by atoms with van der Waals surface area (Å²) in [7, 11) is -2.75. The van der Waals surface area contributed by atoms with Crippen molar-refractivity contribution in [3.05, 3.63) is 188 Å². The fourth-order valence-corrected chi connectivity index (χ4v) is 7.71. The van der Waals surface area contributed by atoms with Gasteiger partial charge < -0.3 is 4.81 Å². The van der Waals surface area contributed by atoms with Gasteiger partial charge in [-0.05, 0) is 86.2 Å². The van der Waals surface area contributed by atoms with Crippen LogP contribution in [0.25, 0.3) is 11.1 Å². The molecule has 4 aromatic carbocycles. The predicted octanol–water partition coefficient (Wildman–Crippen LogP) is 10.5. The first-order chi connectivity index (χ1) is 22.7. The highest BCUT2D eigenvalue weighted by molar-refractivity contribution is 6.41. The average molecular weight is 619 g/mol. The van der Waals surface area contributed by atoms with E-state index in [1.54, 1.807) is 0 Å². The topological polar surface area (TPSA) is 15.6 Å².